The van der Waals surface area contributed by atoms with Gasteiger partial charge < -0.3 is 5.73 Å². The van der Waals surface area contributed by atoms with Crippen LogP contribution in [-0.4, -0.2) is 21.0 Å². The van der Waals surface area contributed by atoms with E-state index in [4.69, 9.17) is 5.73 Å². The molecule has 1 aliphatic carbocycles. The molecule has 4 nitrogen and oxygen atoms in total. The minimum absolute atomic E-state index is 0. The Morgan fingerprint density at radius 3 is 2.50 bits per heavy atom. The molecule has 0 amide bonds. The Hall–Kier alpha value is -0.280. The molecule has 1 aromatic rings. The van der Waals surface area contributed by atoms with Gasteiger partial charge in [0.2, 0.25) is 10.0 Å². The van der Waals surface area contributed by atoms with Crippen LogP contribution in [0.2, 0.25) is 0 Å². The van der Waals surface area contributed by atoms with Gasteiger partial charge in [0.05, 0.1) is 4.47 Å². The van der Waals surface area contributed by atoms with E-state index < -0.39 is 26.6 Å². The summed E-state index contributed by atoms with van der Waals surface area (Å²) in [5.74, 6) is -1.79. The van der Waals surface area contributed by atoms with Gasteiger partial charge in [-0.15, -0.1) is 12.4 Å². The average Bonchev–Trinajstić information content (AvgIpc) is 2.43. The first-order chi connectivity index (χ1) is 9.85. The quantitative estimate of drug-likeness (QED) is 0.737. The van der Waals surface area contributed by atoms with E-state index in [2.05, 4.69) is 20.7 Å². The third-order valence-electron chi connectivity index (χ3n) is 3.78. The molecule has 22 heavy (non-hydrogen) atoms. The molecule has 1 aromatic carbocycles. The van der Waals surface area contributed by atoms with Crippen LogP contribution in [0.1, 0.15) is 25.7 Å². The van der Waals surface area contributed by atoms with Crippen LogP contribution in [0, 0.1) is 17.6 Å². The lowest BCUT2D eigenvalue weighted by molar-refractivity contribution is 0.296. The lowest BCUT2D eigenvalue weighted by Crippen LogP contribution is -2.44. The third-order valence-corrected chi connectivity index (χ3v) is 5.90. The SMILES string of the molecule is Cl.NCC1CCCCC1NS(=O)(=O)c1cc(F)c(Br)cc1F. The molecular weight excluding hydrogens is 402 g/mol. The predicted molar refractivity (Wildman–Crippen MR) is 86.4 cm³/mol. The molecule has 0 saturated heterocycles. The van der Waals surface area contributed by atoms with E-state index in [1.165, 1.54) is 0 Å². The molecule has 0 bridgehead atoms. The van der Waals surface area contributed by atoms with Crippen LogP contribution in [-0.2, 0) is 10.0 Å². The second kappa shape index (κ2) is 8.01. The van der Waals surface area contributed by atoms with Crippen LogP contribution >= 0.6 is 28.3 Å². The summed E-state index contributed by atoms with van der Waals surface area (Å²) in [6, 6.07) is 1.16. The molecule has 9 heteroatoms. The van der Waals surface area contributed by atoms with Crippen LogP contribution in [0.25, 0.3) is 0 Å². The standard InChI is InChI=1S/C13H17BrF2N2O2S.ClH/c14-9-5-11(16)13(6-10(9)15)21(19,20)18-12-4-2-1-3-8(12)7-17;/h5-6,8,12,18H,1-4,7,17H2;1H. The Labute approximate surface area is 143 Å². The summed E-state index contributed by atoms with van der Waals surface area (Å²) in [5, 5.41) is 0. The zero-order chi connectivity index (χ0) is 15.6. The number of sulfonamides is 1. The lowest BCUT2D eigenvalue weighted by Gasteiger charge is -2.31. The number of nitrogens with one attached hydrogen (secondary N) is 1. The Balaban J connectivity index is 0.00000242. The first-order valence-electron chi connectivity index (χ1n) is 6.72. The lowest BCUT2D eigenvalue weighted by atomic mass is 9.85. The number of rotatable bonds is 4. The van der Waals surface area contributed by atoms with Gasteiger partial charge in [-0.05, 0) is 53.4 Å². The summed E-state index contributed by atoms with van der Waals surface area (Å²) in [4.78, 5) is -0.676. The fourth-order valence-corrected chi connectivity index (χ4v) is 4.34. The molecular formula is C13H18BrClF2N2O2S. The molecule has 126 valence electrons. The van der Waals surface area contributed by atoms with Gasteiger partial charge in [0, 0.05) is 6.04 Å². The molecule has 3 N–H and O–H groups in total. The van der Waals surface area contributed by atoms with E-state index in [-0.39, 0.29) is 28.8 Å². The maximum atomic E-state index is 13.8. The number of benzene rings is 1. The summed E-state index contributed by atoms with van der Waals surface area (Å²) in [6.45, 7) is 0.365. The van der Waals surface area contributed by atoms with Crippen molar-refractivity contribution in [3.63, 3.8) is 0 Å². The maximum Gasteiger partial charge on any atom is 0.243 e. The molecule has 1 fully saturated rings. The van der Waals surface area contributed by atoms with E-state index in [9.17, 15) is 17.2 Å². The Kier molecular flexibility index (Phi) is 7.20. The molecule has 2 atom stereocenters. The number of nitrogens with two attached hydrogens (primary N) is 1. The van der Waals surface area contributed by atoms with Crippen molar-refractivity contribution >= 4 is 38.4 Å². The monoisotopic (exact) mass is 418 g/mol. The Morgan fingerprint density at radius 2 is 1.86 bits per heavy atom. The van der Waals surface area contributed by atoms with Crippen molar-refractivity contribution < 1.29 is 17.2 Å². The third kappa shape index (κ3) is 4.38. The molecule has 1 aliphatic rings. The van der Waals surface area contributed by atoms with Crippen LogP contribution in [0.15, 0.2) is 21.5 Å². The van der Waals surface area contributed by atoms with Crippen LogP contribution in [0.3, 0.4) is 0 Å². The van der Waals surface area contributed by atoms with Crippen molar-refractivity contribution in [1.82, 2.24) is 4.72 Å². The predicted octanol–water partition coefficient (Wildman–Crippen LogP) is 2.94. The Bertz CT molecular complexity index is 631. The highest BCUT2D eigenvalue weighted by molar-refractivity contribution is 9.10. The molecule has 2 rings (SSSR count). The van der Waals surface area contributed by atoms with Gasteiger partial charge in [-0.1, -0.05) is 12.8 Å². The summed E-state index contributed by atoms with van der Waals surface area (Å²) >= 11 is 2.82. The van der Waals surface area contributed by atoms with Crippen molar-refractivity contribution in [3.8, 4) is 0 Å². The fraction of sp³-hybridized carbons (Fsp3) is 0.538. The van der Waals surface area contributed by atoms with E-state index >= 15 is 0 Å². The summed E-state index contributed by atoms with van der Waals surface area (Å²) in [6.07, 6.45) is 3.38. The van der Waals surface area contributed by atoms with Gasteiger partial charge in [0.15, 0.2) is 0 Å². The molecule has 0 aromatic heterocycles. The van der Waals surface area contributed by atoms with Crippen molar-refractivity contribution in [2.24, 2.45) is 11.7 Å². The van der Waals surface area contributed by atoms with Gasteiger partial charge in [-0.3, -0.25) is 0 Å². The van der Waals surface area contributed by atoms with E-state index in [0.29, 0.717) is 19.0 Å². The number of halogens is 4. The summed E-state index contributed by atoms with van der Waals surface area (Å²) < 4.78 is 54.2. The summed E-state index contributed by atoms with van der Waals surface area (Å²) in [7, 11) is -4.11. The largest absolute Gasteiger partial charge is 0.330 e. The van der Waals surface area contributed by atoms with Crippen molar-refractivity contribution in [1.29, 1.82) is 0 Å². The second-order valence-electron chi connectivity index (χ2n) is 5.20. The first kappa shape index (κ1) is 19.8. The highest BCUT2D eigenvalue weighted by Crippen LogP contribution is 2.27. The molecule has 0 spiro atoms. The van der Waals surface area contributed by atoms with E-state index in [1.54, 1.807) is 0 Å². The molecule has 0 aliphatic heterocycles. The van der Waals surface area contributed by atoms with E-state index in [0.717, 1.165) is 25.3 Å². The minimum atomic E-state index is -4.11. The zero-order valence-electron chi connectivity index (χ0n) is 11.7. The first-order valence-corrected chi connectivity index (χ1v) is 8.99. The van der Waals surface area contributed by atoms with Crippen molar-refractivity contribution in [2.45, 2.75) is 36.6 Å². The molecule has 1 saturated carbocycles. The van der Waals surface area contributed by atoms with Crippen LogP contribution in [0.4, 0.5) is 8.78 Å². The summed E-state index contributed by atoms with van der Waals surface area (Å²) in [5.41, 5.74) is 5.65. The molecule has 0 heterocycles. The van der Waals surface area contributed by atoms with Gasteiger partial charge in [0.25, 0.3) is 0 Å². The normalized spacial score (nSPS) is 22.2. The highest BCUT2D eigenvalue weighted by atomic mass is 79.9. The molecule has 2 unspecified atom stereocenters. The van der Waals surface area contributed by atoms with E-state index in [1.807, 2.05) is 0 Å². The highest BCUT2D eigenvalue weighted by Gasteiger charge is 2.30. The van der Waals surface area contributed by atoms with Crippen LogP contribution in [0.5, 0.6) is 0 Å². The molecule has 0 radical (unpaired) electrons. The topological polar surface area (TPSA) is 72.2 Å². The number of hydrogen-bond acceptors (Lipinski definition) is 3. The Morgan fingerprint density at radius 1 is 1.23 bits per heavy atom. The second-order valence-corrected chi connectivity index (χ2v) is 7.74. The van der Waals surface area contributed by atoms with Crippen LogP contribution < -0.4 is 10.5 Å². The van der Waals surface area contributed by atoms with Gasteiger partial charge in [0.1, 0.15) is 16.5 Å². The zero-order valence-corrected chi connectivity index (χ0v) is 14.9. The maximum absolute atomic E-state index is 13.8. The van der Waals surface area contributed by atoms with Crippen molar-refractivity contribution in [3.05, 3.63) is 28.2 Å². The van der Waals surface area contributed by atoms with Gasteiger partial charge in [-0.2, -0.15) is 0 Å². The van der Waals surface area contributed by atoms with Gasteiger partial charge in [-0.25, -0.2) is 21.9 Å². The fourth-order valence-electron chi connectivity index (χ4n) is 2.62. The van der Waals surface area contributed by atoms with Crippen molar-refractivity contribution in [2.75, 3.05) is 6.54 Å². The minimum Gasteiger partial charge on any atom is -0.330 e. The van der Waals surface area contributed by atoms with Gasteiger partial charge >= 0.3 is 0 Å². The average molecular weight is 420 g/mol. The number of hydrogen-bond donors (Lipinski definition) is 2. The smallest absolute Gasteiger partial charge is 0.243 e.